The van der Waals surface area contributed by atoms with Gasteiger partial charge in [0.1, 0.15) is 0 Å². The van der Waals surface area contributed by atoms with Gasteiger partial charge < -0.3 is 19.8 Å². The van der Waals surface area contributed by atoms with Crippen molar-refractivity contribution in [3.63, 3.8) is 0 Å². The Kier molecular flexibility index (Phi) is 17.0. The minimum absolute atomic E-state index is 0. The Labute approximate surface area is 215 Å². The molecule has 0 bridgehead atoms. The van der Waals surface area contributed by atoms with Gasteiger partial charge in [0.25, 0.3) is 0 Å². The molecule has 0 atom stereocenters. The molecule has 2 N–H and O–H groups in total. The second-order valence-corrected chi connectivity index (χ2v) is 7.87. The van der Waals surface area contributed by atoms with Gasteiger partial charge >= 0.3 is 0 Å². The summed E-state index contributed by atoms with van der Waals surface area (Å²) in [5.74, 6) is 0. The zero-order chi connectivity index (χ0) is 19.9. The van der Waals surface area contributed by atoms with Crippen molar-refractivity contribution < 1.29 is 5.48 Å². The van der Waals surface area contributed by atoms with Crippen LogP contribution in [0.4, 0.5) is 5.69 Å². The molecule has 1 aromatic heterocycles. The van der Waals surface area contributed by atoms with Gasteiger partial charge in [0.05, 0.1) is 11.0 Å². The number of para-hydroxylation sites is 2. The molecule has 182 valence electrons. The van der Waals surface area contributed by atoms with Crippen LogP contribution in [0.5, 0.6) is 0 Å². The Balaban J connectivity index is 0. The van der Waals surface area contributed by atoms with E-state index in [-0.39, 0.29) is 42.7 Å². The summed E-state index contributed by atoms with van der Waals surface area (Å²) >= 11 is 1.76. The van der Waals surface area contributed by atoms with Crippen LogP contribution in [0, 0.1) is 0 Å². The summed E-state index contributed by atoms with van der Waals surface area (Å²) in [6.07, 6.45) is 0. The minimum atomic E-state index is 0. The highest BCUT2D eigenvalue weighted by atomic mass is 35.5. The number of halogens is 3. The number of likely N-dealkylation sites (N-methyl/N-ethyl adjacent to an activating group) is 1. The predicted molar refractivity (Wildman–Crippen MR) is 147 cm³/mol. The smallest absolute Gasteiger partial charge is 0.173 e. The third-order valence-electron chi connectivity index (χ3n) is 5.33. The van der Waals surface area contributed by atoms with Gasteiger partial charge in [-0.2, -0.15) is 0 Å². The first kappa shape index (κ1) is 33.0. The second kappa shape index (κ2) is 16.5. The average molecular weight is 524 g/mol. The Bertz CT molecular complexity index is 885. The van der Waals surface area contributed by atoms with Crippen LogP contribution in [-0.2, 0) is 6.54 Å². The van der Waals surface area contributed by atoms with Crippen molar-refractivity contribution in [1.82, 2.24) is 14.5 Å². The molecule has 0 aliphatic carbocycles. The van der Waals surface area contributed by atoms with Gasteiger partial charge in [0, 0.05) is 36.8 Å². The van der Waals surface area contributed by atoms with E-state index in [1.807, 2.05) is 0 Å². The lowest BCUT2D eigenvalue weighted by Gasteiger charge is -2.21. The first-order chi connectivity index (χ1) is 13.7. The number of imidazole rings is 1. The van der Waals surface area contributed by atoms with Crippen LogP contribution in [0.3, 0.4) is 0 Å². The zero-order valence-corrected chi connectivity index (χ0v) is 22.5. The van der Waals surface area contributed by atoms with Gasteiger partial charge in [-0.15, -0.1) is 37.2 Å². The first-order valence-electron chi connectivity index (χ1n) is 10.4. The quantitative estimate of drug-likeness (QED) is 0.336. The number of fused-ring (bicyclic) bond motifs is 1. The SMILES string of the molecule is CCN(CC)CCn1c(Sc2ccc(N(CC)CC)cc2)nc2ccccc21.Cl.Cl.Cl.O. The molecule has 0 saturated heterocycles. The number of nitrogens with zero attached hydrogens (tertiary/aromatic N) is 4. The molecule has 2 aromatic carbocycles. The van der Waals surface area contributed by atoms with E-state index in [0.29, 0.717) is 0 Å². The molecular weight excluding hydrogens is 487 g/mol. The van der Waals surface area contributed by atoms with Crippen LogP contribution in [0.15, 0.2) is 58.6 Å². The normalized spacial score (nSPS) is 10.0. The summed E-state index contributed by atoms with van der Waals surface area (Å²) in [6, 6.07) is 17.3. The predicted octanol–water partition coefficient (Wildman–Crippen LogP) is 5.82. The van der Waals surface area contributed by atoms with Crippen molar-refractivity contribution >= 4 is 65.7 Å². The Morgan fingerprint density at radius 2 is 1.41 bits per heavy atom. The molecule has 0 aliphatic heterocycles. The van der Waals surface area contributed by atoms with E-state index < -0.39 is 0 Å². The highest BCUT2D eigenvalue weighted by Crippen LogP contribution is 2.31. The lowest BCUT2D eigenvalue weighted by atomic mass is 10.3. The molecule has 5 nitrogen and oxygen atoms in total. The Morgan fingerprint density at radius 3 is 1.97 bits per heavy atom. The van der Waals surface area contributed by atoms with Gasteiger partial charge in [0.2, 0.25) is 0 Å². The maximum absolute atomic E-state index is 4.92. The molecule has 3 aromatic rings. The fourth-order valence-electron chi connectivity index (χ4n) is 3.55. The van der Waals surface area contributed by atoms with Crippen LogP contribution >= 0.6 is 49.0 Å². The monoisotopic (exact) mass is 522 g/mol. The number of benzene rings is 2. The molecule has 32 heavy (non-hydrogen) atoms. The molecule has 9 heteroatoms. The topological polar surface area (TPSA) is 55.8 Å². The fourth-order valence-corrected chi connectivity index (χ4v) is 4.47. The van der Waals surface area contributed by atoms with E-state index in [9.17, 15) is 0 Å². The summed E-state index contributed by atoms with van der Waals surface area (Å²) in [6.45, 7) is 15.1. The maximum Gasteiger partial charge on any atom is 0.173 e. The molecule has 0 spiro atoms. The van der Waals surface area contributed by atoms with Gasteiger partial charge in [-0.3, -0.25) is 0 Å². The van der Waals surface area contributed by atoms with Crippen LogP contribution in [0.2, 0.25) is 0 Å². The fraction of sp³-hybridized carbons (Fsp3) is 0.435. The highest BCUT2D eigenvalue weighted by Gasteiger charge is 2.13. The molecule has 0 fully saturated rings. The standard InChI is InChI=1S/C23H32N4S.3ClH.H2O/c1-5-25(6-2)17-18-27-22-12-10-9-11-21(22)24-23(27)28-20-15-13-19(14-16-20)26(7-3)8-4;;;;/h9-16H,5-8,17-18H2,1-4H3;3*1H;1H2. The Hall–Kier alpha value is -1.15. The van der Waals surface area contributed by atoms with Crippen LogP contribution in [0.1, 0.15) is 27.7 Å². The number of aromatic nitrogens is 2. The molecule has 0 aliphatic rings. The highest BCUT2D eigenvalue weighted by molar-refractivity contribution is 7.99. The first-order valence-corrected chi connectivity index (χ1v) is 11.2. The van der Waals surface area contributed by atoms with E-state index in [2.05, 4.69) is 90.6 Å². The van der Waals surface area contributed by atoms with Gasteiger partial charge in [-0.05, 0) is 63.3 Å². The third-order valence-corrected chi connectivity index (χ3v) is 6.33. The summed E-state index contributed by atoms with van der Waals surface area (Å²) in [5, 5.41) is 1.07. The molecule has 1 heterocycles. The molecule has 0 amide bonds. The van der Waals surface area contributed by atoms with Crippen LogP contribution in [0.25, 0.3) is 11.0 Å². The molecule has 0 radical (unpaired) electrons. The van der Waals surface area contributed by atoms with E-state index in [1.165, 1.54) is 16.1 Å². The number of hydrogen-bond donors (Lipinski definition) is 0. The lowest BCUT2D eigenvalue weighted by Crippen LogP contribution is -2.27. The van der Waals surface area contributed by atoms with Crippen molar-refractivity contribution in [2.75, 3.05) is 37.6 Å². The summed E-state index contributed by atoms with van der Waals surface area (Å²) < 4.78 is 2.37. The molecule has 0 unspecified atom stereocenters. The van der Waals surface area contributed by atoms with Gasteiger partial charge in [-0.1, -0.05) is 37.7 Å². The van der Waals surface area contributed by atoms with Crippen molar-refractivity contribution in [2.45, 2.75) is 44.3 Å². The summed E-state index contributed by atoms with van der Waals surface area (Å²) in [7, 11) is 0. The van der Waals surface area contributed by atoms with E-state index >= 15 is 0 Å². The third kappa shape index (κ3) is 8.01. The van der Waals surface area contributed by atoms with E-state index in [4.69, 9.17) is 4.98 Å². The van der Waals surface area contributed by atoms with Crippen molar-refractivity contribution in [1.29, 1.82) is 0 Å². The lowest BCUT2D eigenvalue weighted by molar-refractivity contribution is 0.288. The largest absolute Gasteiger partial charge is 0.412 e. The number of anilines is 1. The minimum Gasteiger partial charge on any atom is -0.412 e. The van der Waals surface area contributed by atoms with Crippen LogP contribution < -0.4 is 4.90 Å². The molecule has 3 rings (SSSR count). The number of rotatable bonds is 10. The van der Waals surface area contributed by atoms with Gasteiger partial charge in [0.15, 0.2) is 5.16 Å². The molecular formula is C23H37Cl3N4OS. The second-order valence-electron chi connectivity index (χ2n) is 6.83. The number of hydrogen-bond acceptors (Lipinski definition) is 4. The van der Waals surface area contributed by atoms with Crippen molar-refractivity contribution in [3.8, 4) is 0 Å². The van der Waals surface area contributed by atoms with Crippen molar-refractivity contribution in [3.05, 3.63) is 48.5 Å². The van der Waals surface area contributed by atoms with E-state index in [1.54, 1.807) is 11.8 Å². The average Bonchev–Trinajstić information content (AvgIpc) is 3.08. The van der Waals surface area contributed by atoms with Gasteiger partial charge in [-0.25, -0.2) is 4.98 Å². The van der Waals surface area contributed by atoms with E-state index in [0.717, 1.165) is 49.9 Å². The maximum atomic E-state index is 4.92. The van der Waals surface area contributed by atoms with Crippen LogP contribution in [-0.4, -0.2) is 52.7 Å². The summed E-state index contributed by atoms with van der Waals surface area (Å²) in [4.78, 5) is 11.0. The zero-order valence-electron chi connectivity index (χ0n) is 19.3. The molecule has 0 saturated carbocycles. The Morgan fingerprint density at radius 1 is 0.812 bits per heavy atom. The van der Waals surface area contributed by atoms with Crippen molar-refractivity contribution in [2.24, 2.45) is 0 Å². The summed E-state index contributed by atoms with van der Waals surface area (Å²) in [5.41, 5.74) is 3.57.